The molecule has 3 N–H and O–H groups in total. The second-order valence-corrected chi connectivity index (χ2v) is 7.48. The molecule has 0 aliphatic carbocycles. The van der Waals surface area contributed by atoms with E-state index in [0.717, 1.165) is 15.0 Å². The number of nitrogens with one attached hydrogen (secondary N) is 2. The predicted octanol–water partition coefficient (Wildman–Crippen LogP) is 3.91. The molecule has 0 aliphatic heterocycles. The molecular formula is C21H23F2N3O3S. The molecule has 1 aromatic heterocycles. The van der Waals surface area contributed by atoms with Gasteiger partial charge in [-0.05, 0) is 29.7 Å². The molecule has 0 aliphatic rings. The molecule has 0 amide bonds. The van der Waals surface area contributed by atoms with E-state index in [0.29, 0.717) is 17.3 Å². The Morgan fingerprint density at radius 3 is 2.67 bits per heavy atom. The number of aliphatic imine (C=N–C) groups is 1. The van der Waals surface area contributed by atoms with Gasteiger partial charge in [0.2, 0.25) is 0 Å². The highest BCUT2D eigenvalue weighted by Crippen LogP contribution is 2.29. The predicted molar refractivity (Wildman–Crippen MR) is 115 cm³/mol. The van der Waals surface area contributed by atoms with Crippen LogP contribution in [0.25, 0.3) is 10.1 Å². The maximum atomic E-state index is 12.7. The van der Waals surface area contributed by atoms with Crippen molar-refractivity contribution in [3.8, 4) is 11.5 Å². The molecule has 30 heavy (non-hydrogen) atoms. The second-order valence-electron chi connectivity index (χ2n) is 6.36. The van der Waals surface area contributed by atoms with E-state index >= 15 is 0 Å². The van der Waals surface area contributed by atoms with Crippen LogP contribution < -0.4 is 20.1 Å². The molecule has 1 unspecified atom stereocenters. The number of aliphatic hydroxyl groups excluding tert-OH is 1. The van der Waals surface area contributed by atoms with Crippen molar-refractivity contribution in [3.05, 3.63) is 59.0 Å². The van der Waals surface area contributed by atoms with E-state index in [4.69, 9.17) is 4.74 Å². The van der Waals surface area contributed by atoms with Gasteiger partial charge in [-0.25, -0.2) is 0 Å². The lowest BCUT2D eigenvalue weighted by Gasteiger charge is -2.16. The van der Waals surface area contributed by atoms with Crippen LogP contribution in [0.1, 0.15) is 16.5 Å². The number of fused-ring (bicyclic) bond motifs is 1. The smallest absolute Gasteiger partial charge is 0.387 e. The van der Waals surface area contributed by atoms with Crippen LogP contribution in [0.2, 0.25) is 0 Å². The van der Waals surface area contributed by atoms with Crippen LogP contribution in [0.5, 0.6) is 11.5 Å². The van der Waals surface area contributed by atoms with Crippen molar-refractivity contribution in [3.63, 3.8) is 0 Å². The number of methoxy groups -OCH3 is 1. The van der Waals surface area contributed by atoms with E-state index in [-0.39, 0.29) is 18.8 Å². The summed E-state index contributed by atoms with van der Waals surface area (Å²) in [6, 6.07) is 14.6. The van der Waals surface area contributed by atoms with Crippen molar-refractivity contribution in [2.45, 2.75) is 19.3 Å². The van der Waals surface area contributed by atoms with Crippen LogP contribution in [-0.4, -0.2) is 38.4 Å². The molecule has 2 aromatic carbocycles. The number of hydrogen-bond donors (Lipinski definition) is 3. The van der Waals surface area contributed by atoms with Gasteiger partial charge >= 0.3 is 6.61 Å². The molecule has 160 valence electrons. The fourth-order valence-corrected chi connectivity index (χ4v) is 3.92. The molecule has 0 fully saturated rings. The van der Waals surface area contributed by atoms with Crippen molar-refractivity contribution >= 4 is 27.4 Å². The van der Waals surface area contributed by atoms with E-state index in [1.165, 1.54) is 24.5 Å². The van der Waals surface area contributed by atoms with Crippen LogP contribution in [0.3, 0.4) is 0 Å². The molecule has 0 radical (unpaired) electrons. The number of thiophene rings is 1. The molecule has 1 heterocycles. The highest BCUT2D eigenvalue weighted by atomic mass is 32.1. The standard InChI is InChI=1S/C21H23F2N3O3S/c1-24-21(25-11-14-7-8-15(28-2)10-17(14)29-20(22)23)26-12-16(27)19-9-13-5-3-4-6-18(13)30-19/h3-10,16,20,27H,11-12H2,1-2H3,(H2,24,25,26). The molecule has 3 aromatic rings. The second kappa shape index (κ2) is 10.2. The third-order valence-corrected chi connectivity index (χ3v) is 5.61. The van der Waals surface area contributed by atoms with Crippen LogP contribution >= 0.6 is 11.3 Å². The summed E-state index contributed by atoms with van der Waals surface area (Å²) in [6.45, 7) is -2.50. The number of ether oxygens (including phenoxy) is 2. The normalized spacial score (nSPS) is 12.8. The molecule has 0 saturated carbocycles. The highest BCUT2D eigenvalue weighted by molar-refractivity contribution is 7.19. The summed E-state index contributed by atoms with van der Waals surface area (Å²) in [5, 5.41) is 17.7. The lowest BCUT2D eigenvalue weighted by atomic mass is 10.2. The van der Waals surface area contributed by atoms with Crippen LogP contribution in [-0.2, 0) is 6.54 Å². The maximum Gasteiger partial charge on any atom is 0.387 e. The molecule has 3 rings (SSSR count). The first kappa shape index (κ1) is 21.8. The van der Waals surface area contributed by atoms with Crippen molar-refractivity contribution < 1.29 is 23.4 Å². The molecule has 0 bridgehead atoms. The number of hydrogen-bond acceptors (Lipinski definition) is 5. The molecule has 9 heteroatoms. The SMILES string of the molecule is CN=C(NCc1ccc(OC)cc1OC(F)F)NCC(O)c1cc2ccccc2s1. The zero-order valence-corrected chi connectivity index (χ0v) is 17.4. The quantitative estimate of drug-likeness (QED) is 0.370. The summed E-state index contributed by atoms with van der Waals surface area (Å²) in [5.74, 6) is 0.870. The fraction of sp³-hybridized carbons (Fsp3) is 0.286. The van der Waals surface area contributed by atoms with E-state index in [2.05, 4.69) is 20.4 Å². The Morgan fingerprint density at radius 1 is 1.17 bits per heavy atom. The Bertz CT molecular complexity index is 977. The average molecular weight is 435 g/mol. The van der Waals surface area contributed by atoms with Crippen molar-refractivity contribution in [2.24, 2.45) is 4.99 Å². The lowest BCUT2D eigenvalue weighted by molar-refractivity contribution is -0.0505. The number of halogens is 2. The minimum Gasteiger partial charge on any atom is -0.497 e. The Kier molecular flexibility index (Phi) is 7.42. The van der Waals surface area contributed by atoms with Crippen molar-refractivity contribution in [1.82, 2.24) is 10.6 Å². The van der Waals surface area contributed by atoms with Crippen LogP contribution in [0.4, 0.5) is 8.78 Å². The van der Waals surface area contributed by atoms with Crippen LogP contribution in [0, 0.1) is 0 Å². The third-order valence-electron chi connectivity index (χ3n) is 4.40. The Hall–Kier alpha value is -2.91. The van der Waals surface area contributed by atoms with Gasteiger partial charge < -0.3 is 25.2 Å². The first-order chi connectivity index (χ1) is 14.5. The van der Waals surface area contributed by atoms with Crippen molar-refractivity contribution in [1.29, 1.82) is 0 Å². The summed E-state index contributed by atoms with van der Waals surface area (Å²) in [4.78, 5) is 4.96. The average Bonchev–Trinajstić information content (AvgIpc) is 3.18. The zero-order chi connectivity index (χ0) is 21.5. The minimum atomic E-state index is -2.94. The maximum absolute atomic E-state index is 12.7. The first-order valence-electron chi connectivity index (χ1n) is 9.23. The molecule has 0 saturated heterocycles. The van der Waals surface area contributed by atoms with E-state index in [9.17, 15) is 13.9 Å². The summed E-state index contributed by atoms with van der Waals surface area (Å²) < 4.78 is 36.2. The van der Waals surface area contributed by atoms with Crippen LogP contribution in [0.15, 0.2) is 53.5 Å². The number of guanidine groups is 1. The number of rotatable bonds is 8. The van der Waals surface area contributed by atoms with Gasteiger partial charge in [-0.2, -0.15) is 8.78 Å². The van der Waals surface area contributed by atoms with Gasteiger partial charge in [0.25, 0.3) is 0 Å². The first-order valence-corrected chi connectivity index (χ1v) is 10.0. The van der Waals surface area contributed by atoms with Gasteiger partial charge in [0, 0.05) is 41.3 Å². The topological polar surface area (TPSA) is 75.1 Å². The number of nitrogens with zero attached hydrogens (tertiary/aromatic N) is 1. The fourth-order valence-electron chi connectivity index (χ4n) is 2.87. The number of benzene rings is 2. The monoisotopic (exact) mass is 435 g/mol. The number of aliphatic hydroxyl groups is 1. The Balaban J connectivity index is 1.59. The van der Waals surface area contributed by atoms with Gasteiger partial charge in [-0.15, -0.1) is 11.3 Å². The largest absolute Gasteiger partial charge is 0.497 e. The Morgan fingerprint density at radius 2 is 1.97 bits per heavy atom. The summed E-state index contributed by atoms with van der Waals surface area (Å²) in [5.41, 5.74) is 0.518. The van der Waals surface area contributed by atoms with Gasteiger partial charge in [-0.3, -0.25) is 4.99 Å². The highest BCUT2D eigenvalue weighted by Gasteiger charge is 2.14. The number of alkyl halides is 2. The molecule has 0 spiro atoms. The summed E-state index contributed by atoms with van der Waals surface area (Å²) in [6.07, 6.45) is -0.709. The van der Waals surface area contributed by atoms with E-state index in [1.807, 2.05) is 30.3 Å². The third kappa shape index (κ3) is 5.58. The van der Waals surface area contributed by atoms with Gasteiger partial charge in [-0.1, -0.05) is 18.2 Å². The van der Waals surface area contributed by atoms with Crippen molar-refractivity contribution in [2.75, 3.05) is 20.7 Å². The minimum absolute atomic E-state index is 0.0256. The van der Waals surface area contributed by atoms with Gasteiger partial charge in [0.15, 0.2) is 5.96 Å². The lowest BCUT2D eigenvalue weighted by Crippen LogP contribution is -2.39. The Labute approximate surface area is 177 Å². The van der Waals surface area contributed by atoms with Gasteiger partial charge in [0.1, 0.15) is 17.6 Å². The molecular weight excluding hydrogens is 412 g/mol. The van der Waals surface area contributed by atoms with Gasteiger partial charge in [0.05, 0.1) is 7.11 Å². The molecule has 1 atom stereocenters. The summed E-state index contributed by atoms with van der Waals surface area (Å²) >= 11 is 1.54. The summed E-state index contributed by atoms with van der Waals surface area (Å²) in [7, 11) is 3.04. The zero-order valence-electron chi connectivity index (χ0n) is 16.6. The van der Waals surface area contributed by atoms with E-state index in [1.54, 1.807) is 19.2 Å². The molecule has 6 nitrogen and oxygen atoms in total. The van der Waals surface area contributed by atoms with E-state index < -0.39 is 12.7 Å².